The van der Waals surface area contributed by atoms with E-state index in [4.69, 9.17) is 4.42 Å². The number of Topliss-reactive ketones (excluding diaryl/α,β-unsaturated/α-hetero) is 1. The van der Waals surface area contributed by atoms with Gasteiger partial charge in [-0.3, -0.25) is 4.79 Å². The molecule has 1 aromatic rings. The zero-order valence-corrected chi connectivity index (χ0v) is 8.91. The maximum absolute atomic E-state index is 11.3. The van der Waals surface area contributed by atoms with Gasteiger partial charge in [0.25, 0.3) is 0 Å². The standard InChI is InChI=1S/C11H17NO2/c1-8(2)12-11(9(3)13)7-10-5-4-6-14-10/h4-6,8,11-12H,7H2,1-3H3. The molecule has 0 aliphatic carbocycles. The number of carbonyl (C=O) groups excluding carboxylic acids is 1. The average molecular weight is 195 g/mol. The minimum atomic E-state index is -0.138. The topological polar surface area (TPSA) is 42.2 Å². The molecule has 3 heteroatoms. The third kappa shape index (κ3) is 3.34. The van der Waals surface area contributed by atoms with Crippen molar-refractivity contribution < 1.29 is 9.21 Å². The van der Waals surface area contributed by atoms with Crippen molar-refractivity contribution in [1.82, 2.24) is 5.32 Å². The maximum atomic E-state index is 11.3. The summed E-state index contributed by atoms with van der Waals surface area (Å²) >= 11 is 0. The molecule has 1 unspecified atom stereocenters. The number of hydrogen-bond acceptors (Lipinski definition) is 3. The average Bonchev–Trinajstić information content (AvgIpc) is 2.54. The normalized spacial score (nSPS) is 13.1. The third-order valence-electron chi connectivity index (χ3n) is 2.01. The molecular formula is C11H17NO2. The van der Waals surface area contributed by atoms with E-state index in [1.807, 2.05) is 26.0 Å². The van der Waals surface area contributed by atoms with E-state index in [0.717, 1.165) is 5.76 Å². The molecule has 1 N–H and O–H groups in total. The van der Waals surface area contributed by atoms with Crippen molar-refractivity contribution in [2.45, 2.75) is 39.3 Å². The lowest BCUT2D eigenvalue weighted by molar-refractivity contribution is -0.119. The van der Waals surface area contributed by atoms with E-state index in [9.17, 15) is 4.79 Å². The second-order valence-electron chi connectivity index (χ2n) is 3.77. The van der Waals surface area contributed by atoms with Crippen molar-refractivity contribution in [3.63, 3.8) is 0 Å². The molecule has 0 saturated heterocycles. The molecule has 14 heavy (non-hydrogen) atoms. The Balaban J connectivity index is 2.56. The predicted molar refractivity (Wildman–Crippen MR) is 55.2 cm³/mol. The number of rotatable bonds is 5. The zero-order valence-electron chi connectivity index (χ0n) is 8.91. The number of ketones is 1. The van der Waals surface area contributed by atoms with E-state index in [2.05, 4.69) is 5.32 Å². The molecule has 0 saturated carbocycles. The minimum Gasteiger partial charge on any atom is -0.469 e. The summed E-state index contributed by atoms with van der Waals surface area (Å²) in [6.45, 7) is 5.65. The molecule has 3 nitrogen and oxygen atoms in total. The van der Waals surface area contributed by atoms with Gasteiger partial charge in [0.05, 0.1) is 12.3 Å². The van der Waals surface area contributed by atoms with Gasteiger partial charge in [-0.05, 0) is 19.1 Å². The number of nitrogens with one attached hydrogen (secondary N) is 1. The lowest BCUT2D eigenvalue weighted by Gasteiger charge is -2.17. The maximum Gasteiger partial charge on any atom is 0.147 e. The lowest BCUT2D eigenvalue weighted by atomic mass is 10.1. The second-order valence-corrected chi connectivity index (χ2v) is 3.77. The molecule has 0 aliphatic rings. The van der Waals surface area contributed by atoms with Crippen LogP contribution in [0.3, 0.4) is 0 Å². The van der Waals surface area contributed by atoms with Crippen molar-refractivity contribution in [3.05, 3.63) is 24.2 Å². The van der Waals surface area contributed by atoms with Crippen LogP contribution in [0, 0.1) is 0 Å². The molecule has 1 rings (SSSR count). The van der Waals surface area contributed by atoms with E-state index in [0.29, 0.717) is 12.5 Å². The van der Waals surface area contributed by atoms with E-state index >= 15 is 0 Å². The van der Waals surface area contributed by atoms with Gasteiger partial charge >= 0.3 is 0 Å². The van der Waals surface area contributed by atoms with Gasteiger partial charge in [-0.1, -0.05) is 13.8 Å². The summed E-state index contributed by atoms with van der Waals surface area (Å²) in [7, 11) is 0. The van der Waals surface area contributed by atoms with E-state index < -0.39 is 0 Å². The SMILES string of the molecule is CC(=O)C(Cc1ccco1)NC(C)C. The molecule has 0 radical (unpaired) electrons. The van der Waals surface area contributed by atoms with Gasteiger partial charge in [-0.25, -0.2) is 0 Å². The van der Waals surface area contributed by atoms with Gasteiger partial charge in [0.15, 0.2) is 0 Å². The quantitative estimate of drug-likeness (QED) is 0.778. The summed E-state index contributed by atoms with van der Waals surface area (Å²) in [6.07, 6.45) is 2.25. The van der Waals surface area contributed by atoms with E-state index in [-0.39, 0.29) is 11.8 Å². The molecule has 0 amide bonds. The molecule has 0 bridgehead atoms. The molecule has 0 spiro atoms. The lowest BCUT2D eigenvalue weighted by Crippen LogP contribution is -2.41. The molecule has 1 heterocycles. The fourth-order valence-electron chi connectivity index (χ4n) is 1.35. The van der Waals surface area contributed by atoms with Gasteiger partial charge in [-0.15, -0.1) is 0 Å². The Kier molecular flexibility index (Phi) is 3.89. The summed E-state index contributed by atoms with van der Waals surface area (Å²) in [5.41, 5.74) is 0. The molecule has 78 valence electrons. The van der Waals surface area contributed by atoms with Crippen molar-refractivity contribution >= 4 is 5.78 Å². The Labute approximate surface area is 84.5 Å². The highest BCUT2D eigenvalue weighted by Crippen LogP contribution is 2.05. The monoisotopic (exact) mass is 195 g/mol. The molecule has 1 atom stereocenters. The van der Waals surface area contributed by atoms with Gasteiger partial charge < -0.3 is 9.73 Å². The number of carbonyl (C=O) groups is 1. The van der Waals surface area contributed by atoms with Crippen LogP contribution in [-0.2, 0) is 11.2 Å². The highest BCUT2D eigenvalue weighted by atomic mass is 16.3. The van der Waals surface area contributed by atoms with E-state index in [1.165, 1.54) is 0 Å². The Morgan fingerprint density at radius 1 is 1.57 bits per heavy atom. The second kappa shape index (κ2) is 4.96. The summed E-state index contributed by atoms with van der Waals surface area (Å²) in [6, 6.07) is 3.89. The van der Waals surface area contributed by atoms with Crippen molar-refractivity contribution in [3.8, 4) is 0 Å². The number of furan rings is 1. The Morgan fingerprint density at radius 3 is 2.71 bits per heavy atom. The van der Waals surface area contributed by atoms with E-state index in [1.54, 1.807) is 13.2 Å². The first-order chi connectivity index (χ1) is 6.59. The Bertz CT molecular complexity index is 277. The van der Waals surface area contributed by atoms with Crippen molar-refractivity contribution in [2.24, 2.45) is 0 Å². The fourth-order valence-corrected chi connectivity index (χ4v) is 1.35. The van der Waals surface area contributed by atoms with Crippen molar-refractivity contribution in [1.29, 1.82) is 0 Å². The van der Waals surface area contributed by atoms with Crippen LogP contribution in [0.1, 0.15) is 26.5 Å². The molecule has 0 aromatic carbocycles. The summed E-state index contributed by atoms with van der Waals surface area (Å²) in [5, 5.41) is 3.21. The molecule has 1 aromatic heterocycles. The smallest absolute Gasteiger partial charge is 0.147 e. The minimum absolute atomic E-state index is 0.138. The summed E-state index contributed by atoms with van der Waals surface area (Å²) < 4.78 is 5.20. The van der Waals surface area contributed by atoms with Crippen LogP contribution < -0.4 is 5.32 Å². The van der Waals surface area contributed by atoms with Crippen LogP contribution >= 0.6 is 0 Å². The summed E-state index contributed by atoms with van der Waals surface area (Å²) in [5.74, 6) is 0.994. The van der Waals surface area contributed by atoms with Gasteiger partial charge in [0, 0.05) is 12.5 Å². The van der Waals surface area contributed by atoms with Gasteiger partial charge in [-0.2, -0.15) is 0 Å². The zero-order chi connectivity index (χ0) is 10.6. The van der Waals surface area contributed by atoms with Crippen LogP contribution in [0.2, 0.25) is 0 Å². The van der Waals surface area contributed by atoms with Crippen LogP contribution in [0.25, 0.3) is 0 Å². The highest BCUT2D eigenvalue weighted by Gasteiger charge is 2.16. The number of hydrogen-bond donors (Lipinski definition) is 1. The predicted octanol–water partition coefficient (Wildman–Crippen LogP) is 1.78. The van der Waals surface area contributed by atoms with Gasteiger partial charge in [0.2, 0.25) is 0 Å². The molecule has 0 fully saturated rings. The van der Waals surface area contributed by atoms with Gasteiger partial charge in [0.1, 0.15) is 11.5 Å². The Hall–Kier alpha value is -1.09. The van der Waals surface area contributed by atoms with Crippen LogP contribution in [-0.4, -0.2) is 17.9 Å². The van der Waals surface area contributed by atoms with Crippen LogP contribution in [0.5, 0.6) is 0 Å². The largest absolute Gasteiger partial charge is 0.469 e. The van der Waals surface area contributed by atoms with Crippen LogP contribution in [0.15, 0.2) is 22.8 Å². The van der Waals surface area contributed by atoms with Crippen molar-refractivity contribution in [2.75, 3.05) is 0 Å². The fraction of sp³-hybridized carbons (Fsp3) is 0.545. The summed E-state index contributed by atoms with van der Waals surface area (Å²) in [4.78, 5) is 11.3. The molecular weight excluding hydrogens is 178 g/mol. The Morgan fingerprint density at radius 2 is 2.29 bits per heavy atom. The third-order valence-corrected chi connectivity index (χ3v) is 2.01. The van der Waals surface area contributed by atoms with Crippen LogP contribution in [0.4, 0.5) is 0 Å². The highest BCUT2D eigenvalue weighted by molar-refractivity contribution is 5.81. The first-order valence-corrected chi connectivity index (χ1v) is 4.88. The molecule has 0 aliphatic heterocycles. The first-order valence-electron chi connectivity index (χ1n) is 4.88. The first kappa shape index (κ1) is 11.0.